The van der Waals surface area contributed by atoms with Crippen molar-refractivity contribution in [3.05, 3.63) is 80.3 Å². The number of carbonyl (C=O) groups is 7. The molecule has 8 rings (SSSR count). The fourth-order valence-corrected chi connectivity index (χ4v) is 11.9. The predicted molar refractivity (Wildman–Crippen MR) is 304 cm³/mol. The monoisotopic (exact) mass is 1070 g/mol. The number of ketones is 4. The topological polar surface area (TPSA) is 381 Å². The number of anilines is 2. The fraction of sp³-hybridized carbons (Fsp3) is 0.426. The molecule has 2 fully saturated rings. The van der Waals surface area contributed by atoms with Crippen LogP contribution in [0.1, 0.15) is 42.5 Å². The van der Waals surface area contributed by atoms with E-state index in [1.807, 2.05) is 0 Å². The number of nitrogens with zero attached hydrogens (tertiary/aromatic N) is 3. The van der Waals surface area contributed by atoms with E-state index in [0.717, 1.165) is 0 Å². The average Bonchev–Trinajstić information content (AvgIpc) is 3.41. The molecule has 12 radical (unpaired) electrons. The number of phenolic OH excluding ortho intramolecular Hbond substituents is 2. The second kappa shape index (κ2) is 23.3. The average molecular weight is 1070 g/mol. The first kappa shape index (κ1) is 63.4. The molecule has 0 saturated heterocycles. The van der Waals surface area contributed by atoms with Crippen LogP contribution in [0.2, 0.25) is 0 Å². The molecule has 15 N–H and O–H groups in total. The Labute approximate surface area is 466 Å². The molecule has 0 heterocycles. The van der Waals surface area contributed by atoms with Crippen molar-refractivity contribution in [3.8, 4) is 11.5 Å². The molecule has 400 valence electrons. The highest BCUT2D eigenvalue weighted by Gasteiger charge is 2.66. The van der Waals surface area contributed by atoms with Crippen LogP contribution in [-0.2, 0) is 46.4 Å². The summed E-state index contributed by atoms with van der Waals surface area (Å²) in [4.78, 5) is 94.3. The number of hydrogen-bond donors (Lipinski definition) is 12. The van der Waals surface area contributed by atoms with Crippen LogP contribution in [0.3, 0.4) is 0 Å². The van der Waals surface area contributed by atoms with Gasteiger partial charge in [-0.3, -0.25) is 43.4 Å². The number of nitrogens with one attached hydrogen (secondary N) is 1. The van der Waals surface area contributed by atoms with Gasteiger partial charge in [0.15, 0.2) is 22.8 Å². The van der Waals surface area contributed by atoms with E-state index < -0.39 is 142 Å². The van der Waals surface area contributed by atoms with Crippen LogP contribution < -0.4 is 22.5 Å². The smallest absolute Gasteiger partial charge is 0.255 e. The van der Waals surface area contributed by atoms with Crippen molar-refractivity contribution in [2.24, 2.45) is 35.1 Å². The zero-order valence-electron chi connectivity index (χ0n) is 43.6. The van der Waals surface area contributed by atoms with Crippen molar-refractivity contribution < 1.29 is 74.4 Å². The lowest BCUT2D eigenvalue weighted by Gasteiger charge is -2.50. The number of nitrogen functional groups attached to an aromatic ring is 1. The Balaban J connectivity index is 0.000000248. The largest absolute Gasteiger partial charge is 0.508 e. The Hall–Kier alpha value is -6.46. The highest BCUT2D eigenvalue weighted by atomic mass is 16.4. The van der Waals surface area contributed by atoms with Crippen LogP contribution in [0.25, 0.3) is 11.5 Å². The van der Waals surface area contributed by atoms with Crippen molar-refractivity contribution in [2.45, 2.75) is 56.4 Å². The Kier molecular flexibility index (Phi) is 18.7. The van der Waals surface area contributed by atoms with Gasteiger partial charge in [0.25, 0.3) is 11.8 Å². The number of aliphatic hydroxyl groups excluding tert-OH is 4. The molecule has 6 aliphatic rings. The Morgan fingerprint density at radius 2 is 1.00 bits per heavy atom. The minimum Gasteiger partial charge on any atom is -0.508 e. The van der Waals surface area contributed by atoms with Gasteiger partial charge < -0.3 is 68.3 Å². The molecule has 6 aliphatic carbocycles. The minimum atomic E-state index is -2.70. The van der Waals surface area contributed by atoms with Crippen LogP contribution in [0.15, 0.2) is 58.1 Å². The van der Waals surface area contributed by atoms with Crippen LogP contribution in [0.5, 0.6) is 11.5 Å². The van der Waals surface area contributed by atoms with Gasteiger partial charge in [-0.05, 0) is 115 Å². The van der Waals surface area contributed by atoms with Gasteiger partial charge in [-0.1, -0.05) is 7.43 Å². The van der Waals surface area contributed by atoms with Gasteiger partial charge in [0.1, 0.15) is 45.7 Å². The van der Waals surface area contributed by atoms with Gasteiger partial charge in [0, 0.05) is 106 Å². The molecule has 3 amide bonds. The van der Waals surface area contributed by atoms with Crippen LogP contribution in [0, 0.1) is 23.7 Å². The van der Waals surface area contributed by atoms with Gasteiger partial charge in [-0.25, -0.2) is 0 Å². The van der Waals surface area contributed by atoms with E-state index >= 15 is 0 Å². The lowest BCUT2D eigenvalue weighted by Crippen LogP contribution is -2.65. The van der Waals surface area contributed by atoms with Crippen LogP contribution >= 0.6 is 0 Å². The third kappa shape index (κ3) is 10.7. The molecule has 4 unspecified atom stereocenters. The zero-order chi connectivity index (χ0) is 58.9. The van der Waals surface area contributed by atoms with Crippen molar-refractivity contribution in [2.75, 3.05) is 59.9 Å². The number of nitrogens with two attached hydrogens (primary N) is 3. The number of primary amides is 2. The molecule has 0 bridgehead atoms. The number of aromatic hydroxyl groups is 2. The molecule has 22 nitrogen and oxygen atoms in total. The van der Waals surface area contributed by atoms with Crippen LogP contribution in [-0.4, -0.2) is 240 Å². The molecular formula is C47H57B10N7O15. The molecule has 0 aromatic heterocycles. The van der Waals surface area contributed by atoms with Gasteiger partial charge in [-0.2, -0.15) is 0 Å². The summed E-state index contributed by atoms with van der Waals surface area (Å²) in [5.74, 6) is -14.3. The molecule has 2 saturated carbocycles. The summed E-state index contributed by atoms with van der Waals surface area (Å²) < 4.78 is 0. The van der Waals surface area contributed by atoms with E-state index in [0.29, 0.717) is 22.5 Å². The normalized spacial score (nSPS) is 25.7. The molecular weight excluding hydrogens is 1010 g/mol. The predicted octanol–water partition coefficient (Wildman–Crippen LogP) is -4.16. The zero-order valence-corrected chi connectivity index (χ0v) is 43.6. The third-order valence-electron chi connectivity index (χ3n) is 15.3. The summed E-state index contributed by atoms with van der Waals surface area (Å²) in [6, 6.07) is 3.23. The maximum Gasteiger partial charge on any atom is 0.255 e. The number of rotatable bonds is 10. The van der Waals surface area contributed by atoms with Gasteiger partial charge in [0.05, 0.1) is 29.8 Å². The lowest BCUT2D eigenvalue weighted by molar-refractivity contribution is -0.155. The summed E-state index contributed by atoms with van der Waals surface area (Å²) in [6.45, 7) is 0.0835. The molecule has 2 aromatic carbocycles. The second-order valence-corrected chi connectivity index (χ2v) is 21.0. The standard InChI is InChI=1S/C25H30N4O8.C21H23N3O7.CH4.B10/c1-28(2)9-15(31)27-13-5-6-14(30)17-11(13)7-10-8-12-19(29(3)4)21(33)18(24(26)36)23(35)25(12,37)22(34)16(10)20(17)32;1-24(2)15-9-6-7-5-8-10(22)3-4-11(25)13(8)16(26)12(7)18(28)21(9,31)19(29)14(17(15)27)20(23)30;;1-7(2)10(8(3)4)9(5)6/h5-6,10,12,19,30,32,35,37H,7-9H2,1-4H3,(H2,26,36)(H,27,31);3-4,7,9,15,25-26,29,31H,5-6,22H2,1-2H3,(H2,23,30);1H4;/t10?,12?,19-,25-;7?,9?,15-,21-;;/m00../s1. The molecule has 8 atom stereocenters. The van der Waals surface area contributed by atoms with Gasteiger partial charge in [0.2, 0.25) is 17.5 Å². The second-order valence-electron chi connectivity index (χ2n) is 21.0. The number of benzene rings is 2. The van der Waals surface area contributed by atoms with Crippen molar-refractivity contribution in [3.63, 3.8) is 0 Å². The highest BCUT2D eigenvalue weighted by Crippen LogP contribution is 2.55. The van der Waals surface area contributed by atoms with Crippen molar-refractivity contribution >= 4 is 136 Å². The first-order valence-corrected chi connectivity index (χ1v) is 24.3. The number of amides is 3. The maximum atomic E-state index is 13.8. The first-order chi connectivity index (χ1) is 36.1. The van der Waals surface area contributed by atoms with Gasteiger partial charge >= 0.3 is 0 Å². The number of fused-ring (bicyclic) bond motifs is 6. The number of hydrogen-bond acceptors (Lipinski definition) is 19. The van der Waals surface area contributed by atoms with Crippen LogP contribution in [0.4, 0.5) is 11.4 Å². The summed E-state index contributed by atoms with van der Waals surface area (Å²) in [6.07, 6.45) is -2.19. The van der Waals surface area contributed by atoms with E-state index in [1.165, 1.54) is 48.2 Å². The molecule has 32 heteroatoms. The summed E-state index contributed by atoms with van der Waals surface area (Å²) in [7, 11) is 41.4. The Bertz CT molecular complexity index is 3030. The van der Waals surface area contributed by atoms with Crippen molar-refractivity contribution in [1.82, 2.24) is 14.7 Å². The first-order valence-electron chi connectivity index (χ1n) is 24.3. The van der Waals surface area contributed by atoms with Crippen molar-refractivity contribution in [1.29, 1.82) is 0 Å². The molecule has 0 spiro atoms. The van der Waals surface area contributed by atoms with E-state index in [1.54, 1.807) is 33.1 Å². The Morgan fingerprint density at radius 1 is 0.633 bits per heavy atom. The fourth-order valence-electron chi connectivity index (χ4n) is 11.9. The molecule has 0 aliphatic heterocycles. The third-order valence-corrected chi connectivity index (χ3v) is 15.3. The quantitative estimate of drug-likeness (QED) is 0.0465. The van der Waals surface area contributed by atoms with E-state index in [2.05, 4.69) is 5.32 Å². The number of phenols is 2. The molecule has 79 heavy (non-hydrogen) atoms. The summed E-state index contributed by atoms with van der Waals surface area (Å²) >= 11 is 0. The SMILES string of the molecule is C.CN(C)CC(=O)Nc1ccc(O)c2c1CC1CC3[C@H](N(C)C)C(=O)C(C(N)=O)=C(O)[C@@]3(O)C(=O)C1=C2O.CN(C)[C@@H]1C(=O)C(C(N)=O)=C(O)[C@@]2(O)C(=O)C3=C(O)c4c(O)ccc(N)c4CC3CC12.[B]B([B])B(B([B])[B])B([B])[B]. The minimum absolute atomic E-state index is 0. The lowest BCUT2D eigenvalue weighted by atomic mass is 8.58. The summed E-state index contributed by atoms with van der Waals surface area (Å²) in [5, 5.41) is 90.2. The Morgan fingerprint density at radius 3 is 1.34 bits per heavy atom. The van der Waals surface area contributed by atoms with E-state index in [9.17, 15) is 74.4 Å². The maximum absolute atomic E-state index is 13.8. The van der Waals surface area contributed by atoms with Gasteiger partial charge in [-0.15, -0.1) is 0 Å². The number of carbonyl (C=O) groups excluding carboxylic acids is 7. The molecule has 2 aromatic rings. The number of aliphatic hydroxyl groups is 6. The number of Topliss-reactive ketones (excluding diaryl/α,β-unsaturated/α-hetero) is 4. The summed E-state index contributed by atoms with van der Waals surface area (Å²) in [5.41, 5.74) is 10.5. The van der Waals surface area contributed by atoms with E-state index in [-0.39, 0.29) is 79.3 Å². The number of likely N-dealkylation sites (N-methyl/N-ethyl adjacent to an activating group) is 3. The highest BCUT2D eigenvalue weighted by molar-refractivity contribution is 8.00. The van der Waals surface area contributed by atoms with E-state index in [4.69, 9.17) is 63.6 Å².